The van der Waals surface area contributed by atoms with E-state index < -0.39 is 5.91 Å². The minimum Gasteiger partial charge on any atom is -0.497 e. The van der Waals surface area contributed by atoms with Crippen molar-refractivity contribution in [2.45, 2.75) is 6.92 Å². The van der Waals surface area contributed by atoms with Gasteiger partial charge in [0.15, 0.2) is 11.5 Å². The van der Waals surface area contributed by atoms with Gasteiger partial charge in [0.2, 0.25) is 11.3 Å². The molecule has 0 aliphatic carbocycles. The summed E-state index contributed by atoms with van der Waals surface area (Å²) in [6.07, 6.45) is 0. The molecule has 7 nitrogen and oxygen atoms in total. The molecule has 0 aliphatic heterocycles. The van der Waals surface area contributed by atoms with Crippen LogP contribution in [0.4, 0.5) is 5.88 Å². The van der Waals surface area contributed by atoms with Gasteiger partial charge in [-0.15, -0.1) is 0 Å². The normalized spacial score (nSPS) is 10.7. The van der Waals surface area contributed by atoms with Crippen molar-refractivity contribution in [1.82, 2.24) is 0 Å². The van der Waals surface area contributed by atoms with E-state index in [0.717, 1.165) is 5.56 Å². The van der Waals surface area contributed by atoms with E-state index in [0.29, 0.717) is 39.3 Å². The molecule has 0 atom stereocenters. The summed E-state index contributed by atoms with van der Waals surface area (Å²) in [5, 5.41) is 3.20. The Kier molecular flexibility index (Phi) is 6.04. The Morgan fingerprint density at radius 2 is 1.61 bits per heavy atom. The molecule has 3 aromatic carbocycles. The predicted octanol–water partition coefficient (Wildman–Crippen LogP) is 5.05. The van der Waals surface area contributed by atoms with Crippen LogP contribution in [0.3, 0.4) is 0 Å². The molecule has 0 unspecified atom stereocenters. The zero-order chi connectivity index (χ0) is 23.5. The molecule has 4 rings (SSSR count). The first-order valence-corrected chi connectivity index (χ1v) is 10.2. The zero-order valence-corrected chi connectivity index (χ0v) is 18.7. The molecule has 4 aromatic rings. The Morgan fingerprint density at radius 1 is 0.879 bits per heavy atom. The summed E-state index contributed by atoms with van der Waals surface area (Å²) in [4.78, 5) is 26.6. The monoisotopic (exact) mass is 445 g/mol. The van der Waals surface area contributed by atoms with E-state index in [1.165, 1.54) is 14.2 Å². The summed E-state index contributed by atoms with van der Waals surface area (Å²) >= 11 is 0. The molecule has 7 heteroatoms. The molecule has 1 aromatic heterocycles. The van der Waals surface area contributed by atoms with E-state index in [9.17, 15) is 9.59 Å². The van der Waals surface area contributed by atoms with Crippen LogP contribution in [-0.4, -0.2) is 27.2 Å². The first-order chi connectivity index (χ1) is 16.0. The van der Waals surface area contributed by atoms with Crippen molar-refractivity contribution in [3.8, 4) is 28.4 Å². The Labute approximate surface area is 190 Å². The van der Waals surface area contributed by atoms with Crippen molar-refractivity contribution in [3.05, 3.63) is 82.0 Å². The van der Waals surface area contributed by atoms with Crippen LogP contribution in [0.25, 0.3) is 22.1 Å². The minimum absolute atomic E-state index is 0.0618. The van der Waals surface area contributed by atoms with Crippen molar-refractivity contribution >= 4 is 22.8 Å². The van der Waals surface area contributed by atoms with Gasteiger partial charge in [-0.1, -0.05) is 24.3 Å². The number of rotatable bonds is 6. The highest BCUT2D eigenvalue weighted by atomic mass is 16.5. The third-order valence-electron chi connectivity index (χ3n) is 5.37. The third-order valence-corrected chi connectivity index (χ3v) is 5.37. The van der Waals surface area contributed by atoms with Crippen LogP contribution in [0.2, 0.25) is 0 Å². The number of para-hydroxylation sites is 1. The fraction of sp³-hybridized carbons (Fsp3) is 0.154. The maximum atomic E-state index is 13.5. The van der Waals surface area contributed by atoms with Crippen molar-refractivity contribution in [1.29, 1.82) is 0 Å². The van der Waals surface area contributed by atoms with Gasteiger partial charge in [0.05, 0.1) is 32.3 Å². The lowest BCUT2D eigenvalue weighted by atomic mass is 10.0. The van der Waals surface area contributed by atoms with Gasteiger partial charge >= 0.3 is 0 Å². The molecule has 0 fully saturated rings. The van der Waals surface area contributed by atoms with E-state index in [1.807, 2.05) is 13.0 Å². The highest BCUT2D eigenvalue weighted by molar-refractivity contribution is 6.06. The number of hydrogen-bond donors (Lipinski definition) is 1. The lowest BCUT2D eigenvalue weighted by molar-refractivity contribution is 0.102. The fourth-order valence-electron chi connectivity index (χ4n) is 3.62. The fourth-order valence-corrected chi connectivity index (χ4v) is 3.62. The van der Waals surface area contributed by atoms with Gasteiger partial charge in [-0.3, -0.25) is 14.9 Å². The molecular weight excluding hydrogens is 422 g/mol. The van der Waals surface area contributed by atoms with Crippen LogP contribution in [0.15, 0.2) is 69.9 Å². The second-order valence-electron chi connectivity index (χ2n) is 7.34. The number of carbonyl (C=O) groups is 1. The van der Waals surface area contributed by atoms with E-state index in [4.69, 9.17) is 18.6 Å². The molecule has 0 bridgehead atoms. The lowest BCUT2D eigenvalue weighted by Crippen LogP contribution is -2.17. The van der Waals surface area contributed by atoms with Gasteiger partial charge in [-0.25, -0.2) is 0 Å². The van der Waals surface area contributed by atoms with E-state index in [-0.39, 0.29) is 16.9 Å². The molecule has 0 saturated heterocycles. The Morgan fingerprint density at radius 3 is 2.27 bits per heavy atom. The van der Waals surface area contributed by atoms with Crippen LogP contribution >= 0.6 is 0 Å². The number of hydrogen-bond acceptors (Lipinski definition) is 6. The topological polar surface area (TPSA) is 87.0 Å². The van der Waals surface area contributed by atoms with Crippen LogP contribution < -0.4 is 25.0 Å². The van der Waals surface area contributed by atoms with Gasteiger partial charge < -0.3 is 18.6 Å². The molecular formula is C26H23NO6. The average molecular weight is 445 g/mol. The molecule has 0 spiro atoms. The molecule has 33 heavy (non-hydrogen) atoms. The van der Waals surface area contributed by atoms with Gasteiger partial charge in [0.1, 0.15) is 11.3 Å². The molecule has 0 aliphatic rings. The Balaban J connectivity index is 1.86. The van der Waals surface area contributed by atoms with Gasteiger partial charge in [0.25, 0.3) is 5.91 Å². The van der Waals surface area contributed by atoms with Gasteiger partial charge in [-0.2, -0.15) is 0 Å². The number of methoxy groups -OCH3 is 3. The van der Waals surface area contributed by atoms with Crippen LogP contribution in [0.1, 0.15) is 15.9 Å². The largest absolute Gasteiger partial charge is 0.497 e. The smallest absolute Gasteiger partial charge is 0.258 e. The van der Waals surface area contributed by atoms with Crippen LogP contribution in [-0.2, 0) is 0 Å². The number of aryl methyl sites for hydroxylation is 1. The number of anilines is 1. The van der Waals surface area contributed by atoms with Crippen LogP contribution in [0, 0.1) is 6.92 Å². The number of benzene rings is 3. The number of ether oxygens (including phenoxy) is 3. The average Bonchev–Trinajstić information content (AvgIpc) is 2.84. The summed E-state index contributed by atoms with van der Waals surface area (Å²) in [7, 11) is 4.58. The maximum Gasteiger partial charge on any atom is 0.258 e. The standard InChI is InChI=1S/C26H23NO6/c1-15-6-5-7-19-23(28)22(16-8-11-18(30-2)12-9-16)26(33-24(15)19)27-25(29)17-10-13-20(31-3)21(14-17)32-4/h5-14H,1-4H3,(H,27,29). The first kappa shape index (κ1) is 22.0. The SMILES string of the molecule is COc1ccc(-c2c(NC(=O)c3ccc(OC)c(OC)c3)oc3c(C)cccc3c2=O)cc1. The number of fused-ring (bicyclic) bond motifs is 1. The van der Waals surface area contributed by atoms with Crippen molar-refractivity contribution in [2.75, 3.05) is 26.6 Å². The summed E-state index contributed by atoms with van der Waals surface area (Å²) in [6, 6.07) is 17.1. The third kappa shape index (κ3) is 4.13. The molecule has 0 radical (unpaired) electrons. The quantitative estimate of drug-likeness (QED) is 0.447. The Hall–Kier alpha value is -4.26. The second-order valence-corrected chi connectivity index (χ2v) is 7.34. The highest BCUT2D eigenvalue weighted by Crippen LogP contribution is 2.32. The maximum absolute atomic E-state index is 13.5. The van der Waals surface area contributed by atoms with Crippen molar-refractivity contribution < 1.29 is 23.4 Å². The molecule has 0 saturated carbocycles. The summed E-state index contributed by atoms with van der Waals surface area (Å²) in [5.41, 5.74) is 2.13. The highest BCUT2D eigenvalue weighted by Gasteiger charge is 2.20. The molecule has 1 N–H and O–H groups in total. The predicted molar refractivity (Wildman–Crippen MR) is 127 cm³/mol. The molecule has 168 valence electrons. The van der Waals surface area contributed by atoms with Gasteiger partial charge in [0, 0.05) is 5.56 Å². The summed E-state index contributed by atoms with van der Waals surface area (Å²) in [5.74, 6) is 1.17. The zero-order valence-electron chi connectivity index (χ0n) is 18.7. The summed E-state index contributed by atoms with van der Waals surface area (Å²) in [6.45, 7) is 1.85. The summed E-state index contributed by atoms with van der Waals surface area (Å²) < 4.78 is 21.8. The number of nitrogens with one attached hydrogen (secondary N) is 1. The molecule has 1 heterocycles. The van der Waals surface area contributed by atoms with Gasteiger partial charge in [-0.05, 0) is 54.4 Å². The van der Waals surface area contributed by atoms with Crippen molar-refractivity contribution in [2.24, 2.45) is 0 Å². The van der Waals surface area contributed by atoms with Crippen LogP contribution in [0.5, 0.6) is 17.2 Å². The minimum atomic E-state index is -0.457. The van der Waals surface area contributed by atoms with E-state index in [2.05, 4.69) is 5.32 Å². The number of carbonyl (C=O) groups excluding carboxylic acids is 1. The van der Waals surface area contributed by atoms with Crippen molar-refractivity contribution in [3.63, 3.8) is 0 Å². The Bertz CT molecular complexity index is 1390. The first-order valence-electron chi connectivity index (χ1n) is 10.2. The second kappa shape index (κ2) is 9.08. The molecule has 1 amide bonds. The van der Waals surface area contributed by atoms with E-state index >= 15 is 0 Å². The lowest BCUT2D eigenvalue weighted by Gasteiger charge is -2.14. The van der Waals surface area contributed by atoms with E-state index in [1.54, 1.807) is 61.7 Å². The number of amides is 1.